The third-order valence-electron chi connectivity index (χ3n) is 3.97. The van der Waals surface area contributed by atoms with Crippen LogP contribution in [0, 0.1) is 13.8 Å². The van der Waals surface area contributed by atoms with Crippen LogP contribution in [0.25, 0.3) is 5.82 Å². The lowest BCUT2D eigenvalue weighted by Crippen LogP contribution is -2.11. The molecule has 0 fully saturated rings. The highest BCUT2D eigenvalue weighted by atomic mass is 16.7. The maximum absolute atomic E-state index is 6.25. The van der Waals surface area contributed by atoms with Crippen LogP contribution in [-0.4, -0.2) is 26.5 Å². The van der Waals surface area contributed by atoms with Gasteiger partial charge in [0.05, 0.1) is 5.69 Å². The van der Waals surface area contributed by atoms with Crippen molar-refractivity contribution in [1.82, 2.24) is 19.7 Å². The summed E-state index contributed by atoms with van der Waals surface area (Å²) in [5.74, 6) is 2.64. The molecule has 25 heavy (non-hydrogen) atoms. The SMILES string of the molecule is Cc1cc(C)n(-c2ncnc(NCc3ccc4c(c3)OCO4)c2N)n1. The number of anilines is 2. The topological polar surface area (TPSA) is 100 Å². The molecule has 0 bridgehead atoms. The van der Waals surface area contributed by atoms with E-state index in [1.54, 1.807) is 4.68 Å². The van der Waals surface area contributed by atoms with Crippen molar-refractivity contribution >= 4 is 11.5 Å². The number of nitrogens with two attached hydrogens (primary N) is 1. The number of benzene rings is 1. The first-order chi connectivity index (χ1) is 12.1. The van der Waals surface area contributed by atoms with Crippen molar-refractivity contribution in [3.8, 4) is 17.3 Å². The van der Waals surface area contributed by atoms with Crippen LogP contribution in [0.4, 0.5) is 11.5 Å². The molecule has 1 aromatic carbocycles. The first kappa shape index (κ1) is 15.3. The summed E-state index contributed by atoms with van der Waals surface area (Å²) < 4.78 is 12.4. The van der Waals surface area contributed by atoms with Gasteiger partial charge in [0.2, 0.25) is 6.79 Å². The molecule has 3 heterocycles. The van der Waals surface area contributed by atoms with E-state index < -0.39 is 0 Å². The Morgan fingerprint density at radius 2 is 2.00 bits per heavy atom. The Labute approximate surface area is 144 Å². The number of nitrogens with one attached hydrogen (secondary N) is 1. The third-order valence-corrected chi connectivity index (χ3v) is 3.97. The van der Waals surface area contributed by atoms with Crippen molar-refractivity contribution in [2.24, 2.45) is 0 Å². The monoisotopic (exact) mass is 338 g/mol. The summed E-state index contributed by atoms with van der Waals surface area (Å²) in [5.41, 5.74) is 9.62. The first-order valence-corrected chi connectivity index (χ1v) is 7.88. The number of nitrogen functional groups attached to an aromatic ring is 1. The van der Waals surface area contributed by atoms with Crippen molar-refractivity contribution in [2.75, 3.05) is 17.8 Å². The Bertz CT molecular complexity index is 937. The highest BCUT2D eigenvalue weighted by Crippen LogP contribution is 2.33. The fraction of sp³-hybridized carbons (Fsp3) is 0.235. The van der Waals surface area contributed by atoms with E-state index in [9.17, 15) is 0 Å². The van der Waals surface area contributed by atoms with E-state index >= 15 is 0 Å². The quantitative estimate of drug-likeness (QED) is 0.752. The van der Waals surface area contributed by atoms with E-state index in [1.807, 2.05) is 38.1 Å². The maximum atomic E-state index is 6.25. The van der Waals surface area contributed by atoms with E-state index in [1.165, 1.54) is 6.33 Å². The summed E-state index contributed by atoms with van der Waals surface area (Å²) in [6.45, 7) is 4.70. The molecule has 2 aromatic heterocycles. The van der Waals surface area contributed by atoms with E-state index in [0.29, 0.717) is 23.9 Å². The van der Waals surface area contributed by atoms with Gasteiger partial charge in [0, 0.05) is 12.2 Å². The van der Waals surface area contributed by atoms with Gasteiger partial charge in [-0.25, -0.2) is 14.6 Å². The van der Waals surface area contributed by atoms with Crippen LogP contribution < -0.4 is 20.5 Å². The van der Waals surface area contributed by atoms with E-state index in [4.69, 9.17) is 15.2 Å². The molecular formula is C17H18N6O2. The minimum Gasteiger partial charge on any atom is -0.454 e. The van der Waals surface area contributed by atoms with Gasteiger partial charge < -0.3 is 20.5 Å². The van der Waals surface area contributed by atoms with E-state index in [2.05, 4.69) is 20.4 Å². The van der Waals surface area contributed by atoms with Crippen molar-refractivity contribution < 1.29 is 9.47 Å². The van der Waals surface area contributed by atoms with Gasteiger partial charge in [-0.2, -0.15) is 5.10 Å². The second-order valence-corrected chi connectivity index (χ2v) is 5.84. The molecule has 0 radical (unpaired) electrons. The molecule has 1 aliphatic heterocycles. The number of ether oxygens (including phenoxy) is 2. The lowest BCUT2D eigenvalue weighted by Gasteiger charge is -2.12. The van der Waals surface area contributed by atoms with E-state index in [-0.39, 0.29) is 6.79 Å². The number of nitrogens with zero attached hydrogens (tertiary/aromatic N) is 4. The van der Waals surface area contributed by atoms with Gasteiger partial charge in [-0.3, -0.25) is 0 Å². The number of aromatic nitrogens is 4. The molecular weight excluding hydrogens is 320 g/mol. The van der Waals surface area contributed by atoms with E-state index in [0.717, 1.165) is 28.5 Å². The Balaban J connectivity index is 1.57. The molecule has 128 valence electrons. The fourth-order valence-electron chi connectivity index (χ4n) is 2.78. The molecule has 0 spiro atoms. The van der Waals surface area contributed by atoms with Crippen molar-refractivity contribution in [2.45, 2.75) is 20.4 Å². The summed E-state index contributed by atoms with van der Waals surface area (Å²) in [5, 5.41) is 7.67. The zero-order chi connectivity index (χ0) is 17.4. The van der Waals surface area contributed by atoms with Crippen LogP contribution in [0.3, 0.4) is 0 Å². The number of fused-ring (bicyclic) bond motifs is 1. The summed E-state index contributed by atoms with van der Waals surface area (Å²) in [4.78, 5) is 8.52. The molecule has 3 aromatic rings. The second kappa shape index (κ2) is 5.97. The molecule has 0 atom stereocenters. The largest absolute Gasteiger partial charge is 0.454 e. The lowest BCUT2D eigenvalue weighted by atomic mass is 10.2. The third kappa shape index (κ3) is 2.82. The summed E-state index contributed by atoms with van der Waals surface area (Å²) >= 11 is 0. The second-order valence-electron chi connectivity index (χ2n) is 5.84. The smallest absolute Gasteiger partial charge is 0.231 e. The minimum atomic E-state index is 0.261. The van der Waals surface area contributed by atoms with Gasteiger partial charge in [0.15, 0.2) is 23.1 Å². The molecule has 8 heteroatoms. The van der Waals surface area contributed by atoms with Crippen LogP contribution in [0.1, 0.15) is 17.0 Å². The van der Waals surface area contributed by atoms with Crippen molar-refractivity contribution in [1.29, 1.82) is 0 Å². The van der Waals surface area contributed by atoms with Crippen molar-refractivity contribution in [3.63, 3.8) is 0 Å². The van der Waals surface area contributed by atoms with Gasteiger partial charge in [-0.05, 0) is 37.6 Å². The Morgan fingerprint density at radius 3 is 2.80 bits per heavy atom. The zero-order valence-electron chi connectivity index (χ0n) is 14.0. The molecule has 0 saturated carbocycles. The summed E-state index contributed by atoms with van der Waals surface area (Å²) in [6.07, 6.45) is 1.48. The van der Waals surface area contributed by atoms with Gasteiger partial charge in [-0.1, -0.05) is 6.07 Å². The summed E-state index contributed by atoms with van der Waals surface area (Å²) in [7, 11) is 0. The first-order valence-electron chi connectivity index (χ1n) is 7.88. The Kier molecular flexibility index (Phi) is 3.64. The van der Waals surface area contributed by atoms with Crippen LogP contribution >= 0.6 is 0 Å². The van der Waals surface area contributed by atoms with Crippen LogP contribution in [0.5, 0.6) is 11.5 Å². The number of aryl methyl sites for hydroxylation is 2. The Hall–Kier alpha value is -3.29. The lowest BCUT2D eigenvalue weighted by molar-refractivity contribution is 0.174. The number of hydrogen-bond acceptors (Lipinski definition) is 7. The number of rotatable bonds is 4. The normalized spacial score (nSPS) is 12.4. The van der Waals surface area contributed by atoms with Gasteiger partial charge in [0.25, 0.3) is 0 Å². The minimum absolute atomic E-state index is 0.261. The van der Waals surface area contributed by atoms with Gasteiger partial charge in [-0.15, -0.1) is 0 Å². The average molecular weight is 338 g/mol. The highest BCUT2D eigenvalue weighted by Gasteiger charge is 2.15. The predicted molar refractivity (Wildman–Crippen MR) is 92.9 cm³/mol. The maximum Gasteiger partial charge on any atom is 0.231 e. The molecule has 4 rings (SSSR count). The van der Waals surface area contributed by atoms with Crippen molar-refractivity contribution in [3.05, 3.63) is 47.5 Å². The highest BCUT2D eigenvalue weighted by molar-refractivity contribution is 5.69. The molecule has 3 N–H and O–H groups in total. The predicted octanol–water partition coefficient (Wildman–Crippen LogP) is 2.20. The molecule has 0 amide bonds. The van der Waals surface area contributed by atoms with Crippen LogP contribution in [0.2, 0.25) is 0 Å². The van der Waals surface area contributed by atoms with Gasteiger partial charge in [0.1, 0.15) is 12.0 Å². The fourth-order valence-corrected chi connectivity index (χ4v) is 2.78. The average Bonchev–Trinajstić information content (AvgIpc) is 3.19. The molecule has 1 aliphatic rings. The molecule has 0 aliphatic carbocycles. The molecule has 8 nitrogen and oxygen atoms in total. The van der Waals surface area contributed by atoms with Gasteiger partial charge >= 0.3 is 0 Å². The molecule has 0 unspecified atom stereocenters. The van der Waals surface area contributed by atoms with Crippen LogP contribution in [0.15, 0.2) is 30.6 Å². The summed E-state index contributed by atoms with van der Waals surface area (Å²) in [6, 6.07) is 7.78. The zero-order valence-corrected chi connectivity index (χ0v) is 14.0. The number of hydrogen-bond donors (Lipinski definition) is 2. The molecule has 0 saturated heterocycles. The van der Waals surface area contributed by atoms with Crippen LogP contribution in [-0.2, 0) is 6.54 Å². The Morgan fingerprint density at radius 1 is 1.16 bits per heavy atom. The standard InChI is InChI=1S/C17H18N6O2/c1-10-5-11(2)23(22-10)17-15(18)16(20-8-21-17)19-7-12-3-4-13-14(6-12)25-9-24-13/h3-6,8H,7,9,18H2,1-2H3,(H,19,20,21).